The lowest BCUT2D eigenvalue weighted by atomic mass is 9.96. The number of nitrogens with one attached hydrogen (secondary N) is 1. The van der Waals surface area contributed by atoms with Crippen molar-refractivity contribution < 1.29 is 14.0 Å². The molecule has 0 radical (unpaired) electrons. The predicted molar refractivity (Wildman–Crippen MR) is 139 cm³/mol. The summed E-state index contributed by atoms with van der Waals surface area (Å²) in [5, 5.41) is 7.83. The first-order valence-corrected chi connectivity index (χ1v) is 12.6. The SMILES string of the molecule is CC(C)(C)C(=O)n1nc(-c2ccc(=O)n(CC(=O)c3ccoc3)c2Br)cc1NCc1ccc(Cl)s1. The van der Waals surface area contributed by atoms with Gasteiger partial charge in [0.25, 0.3) is 11.5 Å². The number of thiophene rings is 1. The Bertz CT molecular complexity index is 1450. The lowest BCUT2D eigenvalue weighted by molar-refractivity contribution is 0.0752. The zero-order chi connectivity index (χ0) is 25.3. The average Bonchev–Trinajstić information content (AvgIpc) is 3.55. The van der Waals surface area contributed by atoms with Crippen molar-refractivity contribution in [2.45, 2.75) is 33.9 Å². The Kier molecular flexibility index (Phi) is 7.16. The molecule has 0 aliphatic heterocycles. The number of aromatic nitrogens is 3. The maximum absolute atomic E-state index is 13.2. The second-order valence-corrected chi connectivity index (χ2v) is 11.4. The molecule has 0 atom stereocenters. The minimum atomic E-state index is -0.682. The van der Waals surface area contributed by atoms with Gasteiger partial charge in [-0.15, -0.1) is 11.3 Å². The Morgan fingerprint density at radius 2 is 1.97 bits per heavy atom. The Morgan fingerprint density at radius 3 is 2.60 bits per heavy atom. The molecule has 0 saturated carbocycles. The van der Waals surface area contributed by atoms with Crippen LogP contribution in [0.25, 0.3) is 11.3 Å². The molecular weight excluding hydrogens is 556 g/mol. The third kappa shape index (κ3) is 5.50. The highest BCUT2D eigenvalue weighted by atomic mass is 79.9. The molecule has 0 aromatic carbocycles. The van der Waals surface area contributed by atoms with E-state index in [1.54, 1.807) is 18.2 Å². The largest absolute Gasteiger partial charge is 0.472 e. The number of hydrogen-bond acceptors (Lipinski definition) is 7. The van der Waals surface area contributed by atoms with Crippen LogP contribution in [0.15, 0.2) is 62.7 Å². The van der Waals surface area contributed by atoms with Crippen LogP contribution in [-0.2, 0) is 13.1 Å². The second kappa shape index (κ2) is 9.96. The summed E-state index contributed by atoms with van der Waals surface area (Å²) in [4.78, 5) is 39.3. The van der Waals surface area contributed by atoms with Gasteiger partial charge in [0.2, 0.25) is 0 Å². The van der Waals surface area contributed by atoms with Crippen molar-refractivity contribution in [3.63, 3.8) is 0 Å². The van der Waals surface area contributed by atoms with Gasteiger partial charge in [-0.3, -0.25) is 19.0 Å². The zero-order valence-electron chi connectivity index (χ0n) is 19.2. The van der Waals surface area contributed by atoms with E-state index >= 15 is 0 Å². The van der Waals surface area contributed by atoms with Crippen LogP contribution in [0.1, 0.15) is 40.8 Å². The first-order valence-electron chi connectivity index (χ1n) is 10.6. The van der Waals surface area contributed by atoms with Gasteiger partial charge in [-0.2, -0.15) is 9.78 Å². The van der Waals surface area contributed by atoms with Crippen LogP contribution in [0.4, 0.5) is 5.82 Å². The van der Waals surface area contributed by atoms with Crippen LogP contribution in [0.5, 0.6) is 0 Å². The Morgan fingerprint density at radius 1 is 1.20 bits per heavy atom. The van der Waals surface area contributed by atoms with Gasteiger partial charge >= 0.3 is 0 Å². The molecule has 35 heavy (non-hydrogen) atoms. The first-order chi connectivity index (χ1) is 16.5. The number of carbonyl (C=O) groups excluding carboxylic acids is 2. The molecule has 182 valence electrons. The molecule has 0 aliphatic rings. The van der Waals surface area contributed by atoms with E-state index in [-0.39, 0.29) is 23.8 Å². The van der Waals surface area contributed by atoms with E-state index in [9.17, 15) is 14.4 Å². The summed E-state index contributed by atoms with van der Waals surface area (Å²) in [7, 11) is 0. The van der Waals surface area contributed by atoms with Gasteiger partial charge in [0.1, 0.15) is 12.1 Å². The average molecular weight is 578 g/mol. The second-order valence-electron chi connectivity index (χ2n) is 8.84. The normalized spacial score (nSPS) is 11.6. The van der Waals surface area contributed by atoms with Crippen molar-refractivity contribution in [1.29, 1.82) is 0 Å². The molecule has 0 bridgehead atoms. The number of carbonyl (C=O) groups is 2. The summed E-state index contributed by atoms with van der Waals surface area (Å²) in [6.45, 7) is 5.73. The lowest BCUT2D eigenvalue weighted by Crippen LogP contribution is -2.29. The van der Waals surface area contributed by atoms with E-state index in [1.165, 1.54) is 39.2 Å². The molecule has 0 saturated heterocycles. The van der Waals surface area contributed by atoms with Crippen LogP contribution in [0.3, 0.4) is 0 Å². The molecule has 4 aromatic heterocycles. The van der Waals surface area contributed by atoms with Gasteiger partial charge in [-0.05, 0) is 40.2 Å². The Labute approximate surface area is 218 Å². The van der Waals surface area contributed by atoms with Crippen LogP contribution >= 0.6 is 38.9 Å². The standard InChI is InChI=1S/C24H22BrClN4O4S/c1-24(2,3)23(33)30-20(27-11-15-4-6-19(26)35-15)10-17(28-30)16-5-7-21(32)29(22(16)25)12-18(31)14-8-9-34-13-14/h4-10,13,27H,11-12H2,1-3H3. The van der Waals surface area contributed by atoms with E-state index < -0.39 is 5.41 Å². The summed E-state index contributed by atoms with van der Waals surface area (Å²) in [5.41, 5.74) is 0.363. The van der Waals surface area contributed by atoms with Gasteiger partial charge in [0.05, 0.1) is 39.5 Å². The van der Waals surface area contributed by atoms with E-state index in [2.05, 4.69) is 26.3 Å². The highest BCUT2D eigenvalue weighted by Gasteiger charge is 2.27. The van der Waals surface area contributed by atoms with Gasteiger partial charge in [0.15, 0.2) is 5.78 Å². The van der Waals surface area contributed by atoms with Crippen molar-refractivity contribution in [1.82, 2.24) is 14.3 Å². The fourth-order valence-corrected chi connectivity index (χ4v) is 4.95. The lowest BCUT2D eigenvalue weighted by Gasteiger charge is -2.18. The third-order valence-electron chi connectivity index (χ3n) is 5.15. The Hall–Kier alpha value is -2.95. The smallest absolute Gasteiger partial charge is 0.254 e. The van der Waals surface area contributed by atoms with Crippen molar-refractivity contribution >= 4 is 56.4 Å². The number of nitrogens with zero attached hydrogens (tertiary/aromatic N) is 3. The van der Waals surface area contributed by atoms with Crippen LogP contribution in [0.2, 0.25) is 4.34 Å². The molecule has 4 aromatic rings. The Balaban J connectivity index is 1.72. The summed E-state index contributed by atoms with van der Waals surface area (Å²) in [6.07, 6.45) is 2.74. The monoisotopic (exact) mass is 576 g/mol. The molecule has 11 heteroatoms. The molecule has 0 aliphatic carbocycles. The molecule has 0 spiro atoms. The predicted octanol–water partition coefficient (Wildman–Crippen LogP) is 5.96. The molecule has 0 fully saturated rings. The van der Waals surface area contributed by atoms with E-state index in [4.69, 9.17) is 16.0 Å². The fourth-order valence-electron chi connectivity index (χ4n) is 3.29. The summed E-state index contributed by atoms with van der Waals surface area (Å²) in [5.74, 6) is 0.0303. The quantitative estimate of drug-likeness (QED) is 0.215. The number of halogens is 2. The van der Waals surface area contributed by atoms with E-state index in [0.717, 1.165) is 4.88 Å². The molecule has 4 heterocycles. The van der Waals surface area contributed by atoms with Crippen LogP contribution in [0, 0.1) is 5.41 Å². The topological polar surface area (TPSA) is 99.1 Å². The molecule has 8 nitrogen and oxygen atoms in total. The fraction of sp³-hybridized carbons (Fsp3) is 0.250. The van der Waals surface area contributed by atoms with Crippen molar-refractivity contribution in [3.05, 3.63) is 78.7 Å². The van der Waals surface area contributed by atoms with Crippen molar-refractivity contribution in [3.8, 4) is 11.3 Å². The zero-order valence-corrected chi connectivity index (χ0v) is 22.3. The summed E-state index contributed by atoms with van der Waals surface area (Å²) < 4.78 is 8.68. The van der Waals surface area contributed by atoms with Crippen molar-refractivity contribution in [2.75, 3.05) is 5.32 Å². The van der Waals surface area contributed by atoms with Gasteiger partial charge in [0, 0.05) is 28.0 Å². The number of rotatable bonds is 7. The third-order valence-corrected chi connectivity index (χ3v) is 7.24. The van der Waals surface area contributed by atoms with Crippen LogP contribution in [-0.4, -0.2) is 26.0 Å². The number of ketones is 1. The number of anilines is 1. The summed E-state index contributed by atoms with van der Waals surface area (Å²) in [6, 6.07) is 10.00. The molecular formula is C24H22BrClN4O4S. The summed E-state index contributed by atoms with van der Waals surface area (Å²) >= 11 is 11.0. The number of hydrogen-bond donors (Lipinski definition) is 1. The minimum Gasteiger partial charge on any atom is -0.472 e. The highest BCUT2D eigenvalue weighted by molar-refractivity contribution is 9.10. The molecule has 0 amide bonds. The number of Topliss-reactive ketones (excluding diaryl/α,β-unsaturated/α-hetero) is 1. The van der Waals surface area contributed by atoms with Gasteiger partial charge in [-0.25, -0.2) is 0 Å². The van der Waals surface area contributed by atoms with Gasteiger partial charge in [-0.1, -0.05) is 32.4 Å². The van der Waals surface area contributed by atoms with Gasteiger partial charge < -0.3 is 9.73 Å². The van der Waals surface area contributed by atoms with E-state index in [1.807, 2.05) is 32.9 Å². The molecule has 0 unspecified atom stereocenters. The highest BCUT2D eigenvalue weighted by Crippen LogP contribution is 2.31. The maximum Gasteiger partial charge on any atom is 0.254 e. The molecule has 1 N–H and O–H groups in total. The minimum absolute atomic E-state index is 0.182. The van der Waals surface area contributed by atoms with E-state index in [0.29, 0.717) is 38.1 Å². The number of pyridine rings is 1. The van der Waals surface area contributed by atoms with Crippen molar-refractivity contribution in [2.24, 2.45) is 5.41 Å². The van der Waals surface area contributed by atoms with Crippen LogP contribution < -0.4 is 10.9 Å². The first kappa shape index (κ1) is 25.2. The number of furan rings is 1. The maximum atomic E-state index is 13.2. The molecule has 4 rings (SSSR count).